The number of rotatable bonds is 4. The van der Waals surface area contributed by atoms with E-state index in [1.807, 2.05) is 36.1 Å². The van der Waals surface area contributed by atoms with Crippen LogP contribution in [0.5, 0.6) is 0 Å². The fourth-order valence-electron chi connectivity index (χ4n) is 2.12. The number of nitrogens with zero attached hydrogens (tertiary/aromatic N) is 4. The summed E-state index contributed by atoms with van der Waals surface area (Å²) in [5.41, 5.74) is 3.97. The standard InChI is InChI=1S/C14H14BrN5/c1-20-11(3-7-19-20)2-5-16-12-4-6-17-13-8-10(15)9-18-14(12)13/h3-4,6-9H,2,5H2,1H3,(H,16,17). The molecule has 0 amide bonds. The minimum Gasteiger partial charge on any atom is -0.383 e. The van der Waals surface area contributed by atoms with Gasteiger partial charge in [0.25, 0.3) is 0 Å². The lowest BCUT2D eigenvalue weighted by molar-refractivity contribution is 0.711. The van der Waals surface area contributed by atoms with E-state index in [0.717, 1.165) is 34.2 Å². The van der Waals surface area contributed by atoms with E-state index in [-0.39, 0.29) is 0 Å². The normalized spacial score (nSPS) is 10.9. The lowest BCUT2D eigenvalue weighted by Gasteiger charge is -2.09. The summed E-state index contributed by atoms with van der Waals surface area (Å²) in [6.45, 7) is 0.830. The molecule has 3 heterocycles. The Bertz CT molecular complexity index is 737. The molecule has 0 radical (unpaired) electrons. The molecule has 3 rings (SSSR count). The topological polar surface area (TPSA) is 55.6 Å². The number of aromatic nitrogens is 4. The molecule has 5 nitrogen and oxygen atoms in total. The van der Waals surface area contributed by atoms with Crippen molar-refractivity contribution in [2.45, 2.75) is 6.42 Å². The van der Waals surface area contributed by atoms with Crippen molar-refractivity contribution >= 4 is 32.7 Å². The molecule has 0 aliphatic heterocycles. The Hall–Kier alpha value is -1.95. The maximum absolute atomic E-state index is 4.42. The van der Waals surface area contributed by atoms with Crippen molar-refractivity contribution in [2.24, 2.45) is 7.05 Å². The van der Waals surface area contributed by atoms with Gasteiger partial charge in [-0.15, -0.1) is 0 Å². The van der Waals surface area contributed by atoms with E-state index in [9.17, 15) is 0 Å². The van der Waals surface area contributed by atoms with Crippen molar-refractivity contribution in [2.75, 3.05) is 11.9 Å². The first-order valence-corrected chi connectivity index (χ1v) is 7.14. The zero-order chi connectivity index (χ0) is 13.9. The number of hydrogen-bond acceptors (Lipinski definition) is 4. The highest BCUT2D eigenvalue weighted by Crippen LogP contribution is 2.21. The molecule has 0 bridgehead atoms. The summed E-state index contributed by atoms with van der Waals surface area (Å²) in [5, 5.41) is 7.58. The fourth-order valence-corrected chi connectivity index (χ4v) is 2.44. The maximum Gasteiger partial charge on any atom is 0.112 e. The van der Waals surface area contributed by atoms with Gasteiger partial charge >= 0.3 is 0 Å². The second-order valence-electron chi connectivity index (χ2n) is 4.50. The highest BCUT2D eigenvalue weighted by atomic mass is 79.9. The van der Waals surface area contributed by atoms with Crippen LogP contribution in [-0.4, -0.2) is 26.3 Å². The summed E-state index contributed by atoms with van der Waals surface area (Å²) in [6.07, 6.45) is 6.31. The number of hydrogen-bond donors (Lipinski definition) is 1. The van der Waals surface area contributed by atoms with Crippen LogP contribution in [0.15, 0.2) is 41.3 Å². The predicted octanol–water partition coefficient (Wildman–Crippen LogP) is 2.78. The van der Waals surface area contributed by atoms with E-state index >= 15 is 0 Å². The molecule has 1 N–H and O–H groups in total. The van der Waals surface area contributed by atoms with Crippen LogP contribution in [0.4, 0.5) is 5.69 Å². The van der Waals surface area contributed by atoms with Crippen LogP contribution >= 0.6 is 15.9 Å². The molecule has 20 heavy (non-hydrogen) atoms. The number of anilines is 1. The summed E-state index contributed by atoms with van der Waals surface area (Å²) in [7, 11) is 1.95. The number of nitrogens with one attached hydrogen (secondary N) is 1. The van der Waals surface area contributed by atoms with Gasteiger partial charge in [0, 0.05) is 48.8 Å². The van der Waals surface area contributed by atoms with E-state index < -0.39 is 0 Å². The van der Waals surface area contributed by atoms with Gasteiger partial charge in [-0.05, 0) is 34.1 Å². The van der Waals surface area contributed by atoms with Gasteiger partial charge in [-0.1, -0.05) is 0 Å². The molecule has 0 aromatic carbocycles. The van der Waals surface area contributed by atoms with Crippen molar-refractivity contribution in [3.05, 3.63) is 47.0 Å². The van der Waals surface area contributed by atoms with Crippen LogP contribution in [-0.2, 0) is 13.5 Å². The van der Waals surface area contributed by atoms with Crippen molar-refractivity contribution < 1.29 is 0 Å². The minimum atomic E-state index is 0.830. The van der Waals surface area contributed by atoms with Crippen molar-refractivity contribution in [3.63, 3.8) is 0 Å². The third-order valence-corrected chi connectivity index (χ3v) is 3.60. The van der Waals surface area contributed by atoms with Crippen LogP contribution in [0, 0.1) is 0 Å². The van der Waals surface area contributed by atoms with Gasteiger partial charge in [-0.2, -0.15) is 5.10 Å². The summed E-state index contributed by atoms with van der Waals surface area (Å²) in [6, 6.07) is 5.95. The molecule has 6 heteroatoms. The highest BCUT2D eigenvalue weighted by Gasteiger charge is 2.04. The molecule has 0 saturated carbocycles. The molecule has 102 valence electrons. The van der Waals surface area contributed by atoms with E-state index in [0.29, 0.717) is 0 Å². The largest absolute Gasteiger partial charge is 0.383 e. The summed E-state index contributed by atoms with van der Waals surface area (Å²) >= 11 is 3.41. The lowest BCUT2D eigenvalue weighted by atomic mass is 10.2. The lowest BCUT2D eigenvalue weighted by Crippen LogP contribution is -2.09. The molecule has 0 aliphatic carbocycles. The Balaban J connectivity index is 1.76. The molecule has 0 spiro atoms. The van der Waals surface area contributed by atoms with Crippen LogP contribution in [0.3, 0.4) is 0 Å². The van der Waals surface area contributed by atoms with E-state index in [1.165, 1.54) is 5.69 Å². The Kier molecular flexibility index (Phi) is 3.64. The summed E-state index contributed by atoms with van der Waals surface area (Å²) < 4.78 is 2.83. The van der Waals surface area contributed by atoms with Gasteiger partial charge in [0.1, 0.15) is 5.52 Å². The van der Waals surface area contributed by atoms with Crippen molar-refractivity contribution in [1.29, 1.82) is 0 Å². The second-order valence-corrected chi connectivity index (χ2v) is 5.42. The van der Waals surface area contributed by atoms with Crippen molar-refractivity contribution in [1.82, 2.24) is 19.7 Å². The van der Waals surface area contributed by atoms with E-state index in [2.05, 4.69) is 36.3 Å². The molecule has 0 aliphatic rings. The van der Waals surface area contributed by atoms with Gasteiger partial charge in [-0.25, -0.2) is 0 Å². The number of fused-ring (bicyclic) bond motifs is 1. The Morgan fingerprint density at radius 3 is 2.95 bits per heavy atom. The molecule has 3 aromatic rings. The summed E-state index contributed by atoms with van der Waals surface area (Å²) in [5.74, 6) is 0. The van der Waals surface area contributed by atoms with Gasteiger partial charge in [0.2, 0.25) is 0 Å². The molecule has 3 aromatic heterocycles. The molecule has 0 saturated heterocycles. The maximum atomic E-state index is 4.42. The number of halogens is 1. The van der Waals surface area contributed by atoms with Crippen LogP contribution < -0.4 is 5.32 Å². The van der Waals surface area contributed by atoms with Crippen LogP contribution in [0.25, 0.3) is 11.0 Å². The zero-order valence-electron chi connectivity index (χ0n) is 11.0. The SMILES string of the molecule is Cn1nccc1CCNc1ccnc2cc(Br)cnc12. The first kappa shape index (κ1) is 13.1. The third kappa shape index (κ3) is 2.65. The number of aryl methyl sites for hydroxylation is 1. The van der Waals surface area contributed by atoms with Gasteiger partial charge in [0.05, 0.1) is 11.2 Å². The third-order valence-electron chi connectivity index (χ3n) is 3.16. The van der Waals surface area contributed by atoms with Crippen molar-refractivity contribution in [3.8, 4) is 0 Å². The Morgan fingerprint density at radius 1 is 1.25 bits per heavy atom. The van der Waals surface area contributed by atoms with Crippen LogP contribution in [0.2, 0.25) is 0 Å². The average Bonchev–Trinajstić information content (AvgIpc) is 2.84. The average molecular weight is 332 g/mol. The quantitative estimate of drug-likeness (QED) is 0.798. The Labute approximate surface area is 125 Å². The van der Waals surface area contributed by atoms with Gasteiger partial charge in [-0.3, -0.25) is 14.6 Å². The van der Waals surface area contributed by atoms with E-state index in [4.69, 9.17) is 0 Å². The first-order chi connectivity index (χ1) is 9.74. The van der Waals surface area contributed by atoms with Gasteiger partial charge in [0.15, 0.2) is 0 Å². The van der Waals surface area contributed by atoms with Gasteiger partial charge < -0.3 is 5.32 Å². The molecular formula is C14H14BrN5. The molecule has 0 unspecified atom stereocenters. The highest BCUT2D eigenvalue weighted by molar-refractivity contribution is 9.10. The predicted molar refractivity (Wildman–Crippen MR) is 82.6 cm³/mol. The molecule has 0 atom stereocenters. The minimum absolute atomic E-state index is 0.830. The zero-order valence-corrected chi connectivity index (χ0v) is 12.6. The molecule has 0 fully saturated rings. The second kappa shape index (κ2) is 5.58. The monoisotopic (exact) mass is 331 g/mol. The Morgan fingerprint density at radius 2 is 2.15 bits per heavy atom. The number of pyridine rings is 2. The first-order valence-electron chi connectivity index (χ1n) is 6.35. The smallest absolute Gasteiger partial charge is 0.112 e. The van der Waals surface area contributed by atoms with E-state index in [1.54, 1.807) is 12.4 Å². The molecular weight excluding hydrogens is 318 g/mol. The summed E-state index contributed by atoms with van der Waals surface area (Å²) in [4.78, 5) is 8.75. The van der Waals surface area contributed by atoms with Crippen LogP contribution in [0.1, 0.15) is 5.69 Å². The fraction of sp³-hybridized carbons (Fsp3) is 0.214.